The number of halogens is 3. The van der Waals surface area contributed by atoms with Crippen molar-refractivity contribution in [2.45, 2.75) is 25.4 Å². The molecule has 128 valence electrons. The Bertz CT molecular complexity index is 705. The molecular formula is C17H17F3N2O2. The van der Waals surface area contributed by atoms with Crippen LogP contribution in [0.4, 0.5) is 24.5 Å². The maximum atomic E-state index is 13.0. The van der Waals surface area contributed by atoms with Gasteiger partial charge in [0.2, 0.25) is 0 Å². The molecule has 1 N–H and O–H groups in total. The van der Waals surface area contributed by atoms with Gasteiger partial charge < -0.3 is 14.6 Å². The zero-order chi connectivity index (χ0) is 17.2. The van der Waals surface area contributed by atoms with Gasteiger partial charge in [0.05, 0.1) is 28.8 Å². The minimum atomic E-state index is -4.46. The molecule has 1 aliphatic rings. The molecule has 1 aromatic carbocycles. The van der Waals surface area contributed by atoms with Crippen molar-refractivity contribution in [2.75, 3.05) is 23.3 Å². The smallest absolute Gasteiger partial charge is 0.416 e. The minimum Gasteiger partial charge on any atom is -0.472 e. The first kappa shape index (κ1) is 16.4. The van der Waals surface area contributed by atoms with Crippen molar-refractivity contribution in [3.8, 4) is 0 Å². The van der Waals surface area contributed by atoms with Crippen molar-refractivity contribution in [3.63, 3.8) is 0 Å². The van der Waals surface area contributed by atoms with E-state index in [4.69, 9.17) is 4.42 Å². The highest BCUT2D eigenvalue weighted by Gasteiger charge is 2.32. The summed E-state index contributed by atoms with van der Waals surface area (Å²) in [6.45, 7) is 1.53. The third-order valence-electron chi connectivity index (χ3n) is 4.05. The summed E-state index contributed by atoms with van der Waals surface area (Å²) in [6.07, 6.45) is 1.20. The first-order chi connectivity index (χ1) is 11.4. The molecule has 0 spiro atoms. The molecule has 0 atom stereocenters. The van der Waals surface area contributed by atoms with Crippen molar-refractivity contribution in [2.24, 2.45) is 0 Å². The van der Waals surface area contributed by atoms with Crippen LogP contribution < -0.4 is 10.2 Å². The number of benzene rings is 1. The fraction of sp³-hybridized carbons (Fsp3) is 0.353. The summed E-state index contributed by atoms with van der Waals surface area (Å²) >= 11 is 0. The molecule has 0 aliphatic carbocycles. The Labute approximate surface area is 137 Å². The number of anilines is 2. The lowest BCUT2D eigenvalue weighted by atomic mass is 10.1. The summed E-state index contributed by atoms with van der Waals surface area (Å²) in [6, 6.07) is 4.93. The van der Waals surface area contributed by atoms with Crippen molar-refractivity contribution in [1.82, 2.24) is 0 Å². The lowest BCUT2D eigenvalue weighted by molar-refractivity contribution is -0.137. The van der Waals surface area contributed by atoms with E-state index in [1.807, 2.05) is 4.90 Å². The van der Waals surface area contributed by atoms with Gasteiger partial charge in [-0.2, -0.15) is 13.2 Å². The molecule has 1 fully saturated rings. The van der Waals surface area contributed by atoms with Crippen LogP contribution in [0.15, 0.2) is 41.2 Å². The zero-order valence-corrected chi connectivity index (χ0v) is 12.9. The number of nitrogens with one attached hydrogen (secondary N) is 1. The van der Waals surface area contributed by atoms with E-state index in [1.165, 1.54) is 24.7 Å². The van der Waals surface area contributed by atoms with E-state index in [0.717, 1.165) is 44.5 Å². The molecule has 0 unspecified atom stereocenters. The number of furan rings is 1. The van der Waals surface area contributed by atoms with Gasteiger partial charge >= 0.3 is 6.18 Å². The number of amides is 1. The van der Waals surface area contributed by atoms with Gasteiger partial charge in [-0.3, -0.25) is 4.79 Å². The number of hydrogen-bond donors (Lipinski definition) is 1. The van der Waals surface area contributed by atoms with Crippen LogP contribution in [0.2, 0.25) is 0 Å². The summed E-state index contributed by atoms with van der Waals surface area (Å²) in [7, 11) is 0. The van der Waals surface area contributed by atoms with E-state index in [-0.39, 0.29) is 11.3 Å². The Balaban J connectivity index is 1.94. The third-order valence-corrected chi connectivity index (χ3v) is 4.05. The second kappa shape index (κ2) is 6.59. The first-order valence-corrected chi connectivity index (χ1v) is 7.75. The Morgan fingerprint density at radius 1 is 1.12 bits per heavy atom. The van der Waals surface area contributed by atoms with E-state index in [1.54, 1.807) is 0 Å². The lowest BCUT2D eigenvalue weighted by Gasteiger charge is -2.31. The van der Waals surface area contributed by atoms with Gasteiger partial charge in [0.15, 0.2) is 0 Å². The van der Waals surface area contributed by atoms with Gasteiger partial charge in [0.1, 0.15) is 6.26 Å². The van der Waals surface area contributed by atoms with Gasteiger partial charge in [-0.1, -0.05) is 0 Å². The van der Waals surface area contributed by atoms with Crippen molar-refractivity contribution >= 4 is 17.3 Å². The highest BCUT2D eigenvalue weighted by atomic mass is 19.4. The number of carbonyl (C=O) groups excluding carboxylic acids is 1. The first-order valence-electron chi connectivity index (χ1n) is 7.75. The summed E-state index contributed by atoms with van der Waals surface area (Å²) in [5.74, 6) is -0.499. The van der Waals surface area contributed by atoms with Crippen LogP contribution in [-0.4, -0.2) is 19.0 Å². The molecule has 0 radical (unpaired) electrons. The molecule has 2 aromatic rings. The standard InChI is InChI=1S/C17H17F3N2O2/c18-17(19,20)13-4-5-15(22-7-2-1-3-8-22)14(10-13)21-16(23)12-6-9-24-11-12/h4-6,9-11H,1-3,7-8H2,(H,21,23). The second-order valence-electron chi connectivity index (χ2n) is 5.74. The van der Waals surface area contributed by atoms with Gasteiger partial charge in [-0.15, -0.1) is 0 Å². The summed E-state index contributed by atoms with van der Waals surface area (Å²) < 4.78 is 43.9. The number of nitrogens with zero attached hydrogens (tertiary/aromatic N) is 1. The van der Waals surface area contributed by atoms with E-state index >= 15 is 0 Å². The Hall–Kier alpha value is -2.44. The predicted octanol–water partition coefficient (Wildman–Crippen LogP) is 4.54. The maximum absolute atomic E-state index is 13.0. The third kappa shape index (κ3) is 3.55. The SMILES string of the molecule is O=C(Nc1cc(C(F)(F)F)ccc1N1CCCCC1)c1ccoc1. The quantitative estimate of drug-likeness (QED) is 0.893. The monoisotopic (exact) mass is 338 g/mol. The number of carbonyl (C=O) groups is 1. The van der Waals surface area contributed by atoms with Crippen LogP contribution in [0.3, 0.4) is 0 Å². The average molecular weight is 338 g/mol. The normalized spacial score (nSPS) is 15.4. The van der Waals surface area contributed by atoms with Crippen molar-refractivity contribution in [1.29, 1.82) is 0 Å². The fourth-order valence-electron chi connectivity index (χ4n) is 2.81. The Morgan fingerprint density at radius 2 is 1.88 bits per heavy atom. The molecule has 0 bridgehead atoms. The number of hydrogen-bond acceptors (Lipinski definition) is 3. The highest BCUT2D eigenvalue weighted by molar-refractivity contribution is 6.05. The van der Waals surface area contributed by atoms with Crippen LogP contribution in [0, 0.1) is 0 Å². The number of rotatable bonds is 3. The highest BCUT2D eigenvalue weighted by Crippen LogP contribution is 2.36. The Kier molecular flexibility index (Phi) is 4.51. The van der Waals surface area contributed by atoms with E-state index in [2.05, 4.69) is 5.32 Å². The van der Waals surface area contributed by atoms with E-state index in [9.17, 15) is 18.0 Å². The van der Waals surface area contributed by atoms with Crippen molar-refractivity contribution in [3.05, 3.63) is 47.9 Å². The molecule has 1 amide bonds. The van der Waals surface area contributed by atoms with Gasteiger partial charge in [0, 0.05) is 13.1 Å². The molecule has 1 saturated heterocycles. The van der Waals surface area contributed by atoms with Crippen LogP contribution >= 0.6 is 0 Å². The molecule has 2 heterocycles. The lowest BCUT2D eigenvalue weighted by Crippen LogP contribution is -2.30. The van der Waals surface area contributed by atoms with Crippen LogP contribution in [0.25, 0.3) is 0 Å². The summed E-state index contributed by atoms with van der Waals surface area (Å²) in [4.78, 5) is 14.2. The fourth-order valence-corrected chi connectivity index (χ4v) is 2.81. The Morgan fingerprint density at radius 3 is 2.50 bits per heavy atom. The molecule has 7 heteroatoms. The van der Waals surface area contributed by atoms with E-state index in [0.29, 0.717) is 5.69 Å². The van der Waals surface area contributed by atoms with Crippen molar-refractivity contribution < 1.29 is 22.4 Å². The van der Waals surface area contributed by atoms with Gasteiger partial charge in [0.25, 0.3) is 5.91 Å². The van der Waals surface area contributed by atoms with Crippen LogP contribution in [-0.2, 0) is 6.18 Å². The van der Waals surface area contributed by atoms with E-state index < -0.39 is 17.6 Å². The number of alkyl halides is 3. The molecule has 0 saturated carbocycles. The molecular weight excluding hydrogens is 321 g/mol. The summed E-state index contributed by atoms with van der Waals surface area (Å²) in [5.41, 5.74) is 0.250. The summed E-state index contributed by atoms with van der Waals surface area (Å²) in [5, 5.41) is 2.58. The second-order valence-corrected chi connectivity index (χ2v) is 5.74. The maximum Gasteiger partial charge on any atom is 0.416 e. The van der Waals surface area contributed by atoms with Gasteiger partial charge in [-0.05, 0) is 43.5 Å². The zero-order valence-electron chi connectivity index (χ0n) is 12.9. The number of piperidine rings is 1. The van der Waals surface area contributed by atoms with Crippen LogP contribution in [0.1, 0.15) is 35.2 Å². The molecule has 1 aromatic heterocycles. The molecule has 24 heavy (non-hydrogen) atoms. The predicted molar refractivity (Wildman–Crippen MR) is 84.2 cm³/mol. The largest absolute Gasteiger partial charge is 0.472 e. The topological polar surface area (TPSA) is 45.5 Å². The minimum absolute atomic E-state index is 0.165. The molecule has 4 nitrogen and oxygen atoms in total. The average Bonchev–Trinajstić information content (AvgIpc) is 3.09. The molecule has 1 aliphatic heterocycles. The van der Waals surface area contributed by atoms with Gasteiger partial charge in [-0.25, -0.2) is 0 Å². The van der Waals surface area contributed by atoms with Crippen LogP contribution in [0.5, 0.6) is 0 Å². The molecule has 3 rings (SSSR count).